The maximum Gasteiger partial charge on any atom is 0.307 e. The second-order valence-corrected chi connectivity index (χ2v) is 8.73. The minimum absolute atomic E-state index is 0.0299. The molecule has 0 saturated heterocycles. The van der Waals surface area contributed by atoms with Crippen LogP contribution in [0.3, 0.4) is 0 Å². The van der Waals surface area contributed by atoms with Crippen LogP contribution in [0, 0.1) is 34.5 Å². The summed E-state index contributed by atoms with van der Waals surface area (Å²) in [5, 5.41) is 12.8. The Labute approximate surface area is 137 Å². The van der Waals surface area contributed by atoms with Gasteiger partial charge in [-0.1, -0.05) is 19.9 Å². The van der Waals surface area contributed by atoms with Gasteiger partial charge in [-0.05, 0) is 67.8 Å². The van der Waals surface area contributed by atoms with Crippen molar-refractivity contribution in [2.24, 2.45) is 34.5 Å². The first-order valence-corrected chi connectivity index (χ1v) is 9.09. The summed E-state index contributed by atoms with van der Waals surface area (Å²) in [5.74, 6) is 0.992. The summed E-state index contributed by atoms with van der Waals surface area (Å²) < 4.78 is 0. The molecule has 0 radical (unpaired) electrons. The summed E-state index contributed by atoms with van der Waals surface area (Å²) in [7, 11) is 0. The number of amides is 1. The van der Waals surface area contributed by atoms with Crippen LogP contribution in [0.4, 0.5) is 0 Å². The Morgan fingerprint density at radius 3 is 2.70 bits per heavy atom. The fourth-order valence-corrected chi connectivity index (χ4v) is 6.74. The standard InChI is InChI=1S/C19H27NO3/c1-18-9-7-13-11(12(18)4-5-14(18)17(22)23)3-6-15-19(13,2)10-8-16(21)20-15/h8,10-15H,3-7,9H2,1-2H3,(H,20,21)(H,22,23)/t11-,12-,13-,14-,15+,18-,19+/m0/s1. The summed E-state index contributed by atoms with van der Waals surface area (Å²) in [4.78, 5) is 23.4. The topological polar surface area (TPSA) is 66.4 Å². The normalized spacial score (nSPS) is 51.4. The molecular weight excluding hydrogens is 290 g/mol. The van der Waals surface area contributed by atoms with E-state index >= 15 is 0 Å². The molecule has 0 aromatic heterocycles. The first kappa shape index (κ1) is 15.2. The van der Waals surface area contributed by atoms with Crippen molar-refractivity contribution in [2.75, 3.05) is 0 Å². The van der Waals surface area contributed by atoms with Crippen molar-refractivity contribution < 1.29 is 14.7 Å². The maximum atomic E-state index is 11.7. The first-order valence-electron chi connectivity index (χ1n) is 9.09. The van der Waals surface area contributed by atoms with Gasteiger partial charge in [0.25, 0.3) is 0 Å². The predicted octanol–water partition coefficient (Wildman–Crippen LogP) is 2.98. The third-order valence-electron chi connectivity index (χ3n) is 7.98. The molecule has 0 aromatic carbocycles. The minimum atomic E-state index is -0.599. The average molecular weight is 317 g/mol. The van der Waals surface area contributed by atoms with E-state index in [1.807, 2.05) is 0 Å². The zero-order valence-corrected chi connectivity index (χ0v) is 14.0. The number of carboxylic acid groups (broad SMARTS) is 1. The van der Waals surface area contributed by atoms with Gasteiger partial charge in [-0.15, -0.1) is 0 Å². The highest BCUT2D eigenvalue weighted by Gasteiger charge is 2.60. The van der Waals surface area contributed by atoms with Crippen molar-refractivity contribution in [1.29, 1.82) is 0 Å². The van der Waals surface area contributed by atoms with Crippen molar-refractivity contribution in [3.8, 4) is 0 Å². The molecular formula is C19H27NO3. The molecule has 23 heavy (non-hydrogen) atoms. The van der Waals surface area contributed by atoms with Gasteiger partial charge >= 0.3 is 5.97 Å². The van der Waals surface area contributed by atoms with Gasteiger partial charge in [0.1, 0.15) is 0 Å². The molecule has 126 valence electrons. The SMILES string of the molecule is C[C@]12C=CC(=O)N[C@@H]1CC[C@@H]1[C@@H]2CC[C@]2(C)[C@H](C(=O)O)CC[C@@H]12. The van der Waals surface area contributed by atoms with E-state index in [-0.39, 0.29) is 28.7 Å². The van der Waals surface area contributed by atoms with Crippen LogP contribution in [-0.2, 0) is 9.59 Å². The van der Waals surface area contributed by atoms with E-state index in [9.17, 15) is 14.7 Å². The molecule has 0 spiro atoms. The molecule has 1 aliphatic heterocycles. The second kappa shape index (κ2) is 4.84. The van der Waals surface area contributed by atoms with E-state index in [0.717, 1.165) is 38.5 Å². The molecule has 0 unspecified atom stereocenters. The Morgan fingerprint density at radius 2 is 1.96 bits per heavy atom. The van der Waals surface area contributed by atoms with E-state index in [4.69, 9.17) is 0 Å². The average Bonchev–Trinajstić information content (AvgIpc) is 2.85. The summed E-state index contributed by atoms with van der Waals surface area (Å²) in [6.07, 6.45) is 10.0. The van der Waals surface area contributed by atoms with Crippen molar-refractivity contribution in [3.05, 3.63) is 12.2 Å². The maximum absolute atomic E-state index is 11.7. The molecule has 3 saturated carbocycles. The molecule has 0 bridgehead atoms. The van der Waals surface area contributed by atoms with Crippen LogP contribution in [0.2, 0.25) is 0 Å². The Morgan fingerprint density at radius 1 is 1.17 bits per heavy atom. The van der Waals surface area contributed by atoms with Gasteiger partial charge < -0.3 is 10.4 Å². The Kier molecular flexibility index (Phi) is 3.20. The summed E-state index contributed by atoms with van der Waals surface area (Å²) in [5.41, 5.74) is 0.0112. The number of aliphatic carboxylic acids is 1. The number of carbonyl (C=O) groups is 2. The molecule has 1 amide bonds. The van der Waals surface area contributed by atoms with Crippen molar-refractivity contribution >= 4 is 11.9 Å². The van der Waals surface area contributed by atoms with Gasteiger partial charge in [-0.2, -0.15) is 0 Å². The van der Waals surface area contributed by atoms with Gasteiger partial charge in [-0.3, -0.25) is 9.59 Å². The van der Waals surface area contributed by atoms with Crippen LogP contribution < -0.4 is 5.32 Å². The zero-order chi connectivity index (χ0) is 16.4. The lowest BCUT2D eigenvalue weighted by Crippen LogP contribution is -2.59. The lowest BCUT2D eigenvalue weighted by Gasteiger charge is -2.58. The highest BCUT2D eigenvalue weighted by atomic mass is 16.4. The van der Waals surface area contributed by atoms with Crippen molar-refractivity contribution in [2.45, 2.75) is 58.4 Å². The zero-order valence-electron chi connectivity index (χ0n) is 14.0. The molecule has 2 N–H and O–H groups in total. The van der Waals surface area contributed by atoms with E-state index in [2.05, 4.69) is 25.2 Å². The molecule has 3 aliphatic carbocycles. The van der Waals surface area contributed by atoms with Crippen LogP contribution in [0.25, 0.3) is 0 Å². The number of carboxylic acids is 1. The number of fused-ring (bicyclic) bond motifs is 5. The van der Waals surface area contributed by atoms with Crippen LogP contribution >= 0.6 is 0 Å². The number of hydrogen-bond donors (Lipinski definition) is 2. The largest absolute Gasteiger partial charge is 0.481 e. The Bertz CT molecular complexity index is 585. The highest BCUT2D eigenvalue weighted by molar-refractivity contribution is 5.89. The van der Waals surface area contributed by atoms with Gasteiger partial charge in [-0.25, -0.2) is 0 Å². The molecule has 0 aromatic rings. The van der Waals surface area contributed by atoms with E-state index in [1.165, 1.54) is 0 Å². The first-order chi connectivity index (χ1) is 10.9. The van der Waals surface area contributed by atoms with Crippen molar-refractivity contribution in [1.82, 2.24) is 5.32 Å². The Balaban J connectivity index is 1.66. The van der Waals surface area contributed by atoms with Crippen LogP contribution in [0.15, 0.2) is 12.2 Å². The summed E-state index contributed by atoms with van der Waals surface area (Å²) in [6.45, 7) is 4.53. The number of nitrogens with one attached hydrogen (secondary N) is 1. The number of carbonyl (C=O) groups excluding carboxylic acids is 1. The number of hydrogen-bond acceptors (Lipinski definition) is 2. The number of rotatable bonds is 1. The molecule has 4 nitrogen and oxygen atoms in total. The summed E-state index contributed by atoms with van der Waals surface area (Å²) in [6, 6.07) is 0.252. The molecule has 1 heterocycles. The molecule has 3 fully saturated rings. The van der Waals surface area contributed by atoms with Gasteiger partial charge in [0.05, 0.1) is 5.92 Å². The summed E-state index contributed by atoms with van der Waals surface area (Å²) >= 11 is 0. The third kappa shape index (κ3) is 1.96. The molecule has 4 aliphatic rings. The van der Waals surface area contributed by atoms with Gasteiger partial charge in [0, 0.05) is 11.5 Å². The molecule has 4 heteroatoms. The predicted molar refractivity (Wildman–Crippen MR) is 86.6 cm³/mol. The van der Waals surface area contributed by atoms with Gasteiger partial charge in [0.15, 0.2) is 0 Å². The lowest BCUT2D eigenvalue weighted by molar-refractivity contribution is -0.150. The Hall–Kier alpha value is -1.32. The van der Waals surface area contributed by atoms with E-state index in [0.29, 0.717) is 17.8 Å². The highest BCUT2D eigenvalue weighted by Crippen LogP contribution is 2.64. The smallest absolute Gasteiger partial charge is 0.307 e. The molecule has 7 atom stereocenters. The fraction of sp³-hybridized carbons (Fsp3) is 0.789. The third-order valence-corrected chi connectivity index (χ3v) is 7.98. The monoisotopic (exact) mass is 317 g/mol. The lowest BCUT2D eigenvalue weighted by atomic mass is 9.48. The molecule has 4 rings (SSSR count). The fourth-order valence-electron chi connectivity index (χ4n) is 6.74. The van der Waals surface area contributed by atoms with E-state index in [1.54, 1.807) is 6.08 Å². The van der Waals surface area contributed by atoms with Crippen LogP contribution in [-0.4, -0.2) is 23.0 Å². The quantitative estimate of drug-likeness (QED) is 0.781. The van der Waals surface area contributed by atoms with Crippen LogP contribution in [0.5, 0.6) is 0 Å². The van der Waals surface area contributed by atoms with E-state index < -0.39 is 5.97 Å². The van der Waals surface area contributed by atoms with Crippen LogP contribution in [0.1, 0.15) is 52.4 Å². The second-order valence-electron chi connectivity index (χ2n) is 8.73. The van der Waals surface area contributed by atoms with Gasteiger partial charge in [0.2, 0.25) is 5.91 Å². The minimum Gasteiger partial charge on any atom is -0.481 e. The van der Waals surface area contributed by atoms with Crippen molar-refractivity contribution in [3.63, 3.8) is 0 Å².